The molecule has 1 aromatic heterocycles. The number of hydrogen-bond donors (Lipinski definition) is 1. The molecule has 15 heteroatoms. The monoisotopic (exact) mass is 718 g/mol. The average molecular weight is 719 g/mol. The van der Waals surface area contributed by atoms with Crippen molar-refractivity contribution < 1.29 is 50.1 Å². The van der Waals surface area contributed by atoms with E-state index in [1.165, 1.54) is 12.0 Å². The molecule has 2 fully saturated rings. The summed E-state index contributed by atoms with van der Waals surface area (Å²) < 4.78 is 106. The third-order valence-corrected chi connectivity index (χ3v) is 8.97. The van der Waals surface area contributed by atoms with Gasteiger partial charge in [0, 0.05) is 23.9 Å². The number of aliphatic hydroxyl groups excluding tert-OH is 1. The van der Waals surface area contributed by atoms with Crippen molar-refractivity contribution >= 4 is 12.0 Å². The third-order valence-electron chi connectivity index (χ3n) is 8.97. The van der Waals surface area contributed by atoms with Crippen LogP contribution in [0.25, 0.3) is 22.3 Å². The third kappa shape index (κ3) is 7.72. The van der Waals surface area contributed by atoms with Gasteiger partial charge in [0.1, 0.15) is 18.0 Å². The standard InChI is InChI=1S/C36H33F7N4O4/c1-20-10-21(19-48)5-7-27(20)22-6-8-32(50-2)28(13-22)29-15-44-33(47-16-26(37)17-47)45-30(29)18-46-9-3-4-31(51-34(46)49)23-11-24(35(38,39)40)14-25(12-23)36(41,42)43/h5-8,10-15,26,31,48H,3-4,9,16-19H2,1-2H3. The number of aryl methyl sites for hydroxylation is 1. The molecule has 270 valence electrons. The lowest BCUT2D eigenvalue weighted by molar-refractivity contribution is -0.143. The van der Waals surface area contributed by atoms with Crippen molar-refractivity contribution in [2.45, 2.75) is 57.5 Å². The molecule has 0 radical (unpaired) electrons. The van der Waals surface area contributed by atoms with Crippen LogP contribution in [0.1, 0.15) is 52.5 Å². The van der Waals surface area contributed by atoms with Crippen LogP contribution < -0.4 is 9.64 Å². The molecule has 6 rings (SSSR count). The quantitative estimate of drug-likeness (QED) is 0.184. The van der Waals surface area contributed by atoms with E-state index in [9.17, 15) is 40.6 Å². The van der Waals surface area contributed by atoms with Crippen LogP contribution >= 0.6 is 0 Å². The van der Waals surface area contributed by atoms with Crippen molar-refractivity contribution in [2.24, 2.45) is 0 Å². The molecule has 2 aliphatic rings. The minimum Gasteiger partial charge on any atom is -0.496 e. The fourth-order valence-electron chi connectivity index (χ4n) is 6.26. The number of alkyl halides is 7. The van der Waals surface area contributed by atoms with Crippen LogP contribution in [0.15, 0.2) is 60.8 Å². The van der Waals surface area contributed by atoms with Gasteiger partial charge in [0.15, 0.2) is 0 Å². The molecule has 1 amide bonds. The highest BCUT2D eigenvalue weighted by Crippen LogP contribution is 2.41. The first kappa shape index (κ1) is 35.9. The average Bonchev–Trinajstić information content (AvgIpc) is 3.26. The van der Waals surface area contributed by atoms with E-state index < -0.39 is 47.4 Å². The molecule has 51 heavy (non-hydrogen) atoms. The lowest BCUT2D eigenvalue weighted by Crippen LogP contribution is -2.49. The van der Waals surface area contributed by atoms with E-state index in [0.717, 1.165) is 22.3 Å². The largest absolute Gasteiger partial charge is 0.496 e. The molecule has 3 aromatic carbocycles. The number of ether oxygens (including phenoxy) is 2. The molecule has 0 bridgehead atoms. The Morgan fingerprint density at radius 3 is 2.25 bits per heavy atom. The number of anilines is 1. The number of hydrogen-bond acceptors (Lipinski definition) is 7. The molecule has 0 spiro atoms. The lowest BCUT2D eigenvalue weighted by Gasteiger charge is -2.34. The van der Waals surface area contributed by atoms with Crippen LogP contribution in [0.4, 0.5) is 41.5 Å². The van der Waals surface area contributed by atoms with Crippen LogP contribution in [-0.2, 0) is 30.2 Å². The number of carbonyl (C=O) groups excluding carboxylic acids is 1. The summed E-state index contributed by atoms with van der Waals surface area (Å²) in [5.74, 6) is 0.676. The number of cyclic esters (lactones) is 1. The zero-order valence-corrected chi connectivity index (χ0v) is 27.5. The first-order chi connectivity index (χ1) is 24.1. The van der Waals surface area contributed by atoms with Gasteiger partial charge < -0.3 is 24.4 Å². The normalized spacial score (nSPS) is 17.2. The Hall–Kier alpha value is -4.92. The highest BCUT2D eigenvalue weighted by molar-refractivity contribution is 5.80. The van der Waals surface area contributed by atoms with Crippen LogP contribution in [0, 0.1) is 6.92 Å². The van der Waals surface area contributed by atoms with Gasteiger partial charge in [-0.1, -0.05) is 24.3 Å². The zero-order valence-electron chi connectivity index (χ0n) is 27.5. The second kappa shape index (κ2) is 14.0. The molecule has 3 heterocycles. The van der Waals surface area contributed by atoms with Crippen LogP contribution in [0.5, 0.6) is 5.75 Å². The summed E-state index contributed by atoms with van der Waals surface area (Å²) in [5.41, 5.74) is 1.31. The lowest BCUT2D eigenvalue weighted by atomic mass is 9.94. The van der Waals surface area contributed by atoms with Gasteiger partial charge in [-0.15, -0.1) is 0 Å². The van der Waals surface area contributed by atoms with Crippen molar-refractivity contribution in [2.75, 3.05) is 31.6 Å². The predicted molar refractivity (Wildman–Crippen MR) is 173 cm³/mol. The van der Waals surface area contributed by atoms with Gasteiger partial charge in [-0.2, -0.15) is 26.3 Å². The van der Waals surface area contributed by atoms with Crippen molar-refractivity contribution in [1.82, 2.24) is 14.9 Å². The Morgan fingerprint density at radius 2 is 1.65 bits per heavy atom. The minimum absolute atomic E-state index is 0.0283. The summed E-state index contributed by atoms with van der Waals surface area (Å²) in [5, 5.41) is 9.56. The SMILES string of the molecule is COc1ccc(-c2ccc(CO)cc2C)cc1-c1cnc(N2CC(F)C2)nc1CN1CCCC(c2cc(C(F)(F)F)cc(C(F)(F)F)c2)OC1=O. The Morgan fingerprint density at radius 1 is 0.941 bits per heavy atom. The number of carbonyl (C=O) groups is 1. The van der Waals surface area contributed by atoms with Crippen molar-refractivity contribution in [3.8, 4) is 28.0 Å². The summed E-state index contributed by atoms with van der Waals surface area (Å²) in [7, 11) is 1.49. The summed E-state index contributed by atoms with van der Waals surface area (Å²) >= 11 is 0. The van der Waals surface area contributed by atoms with Gasteiger partial charge in [-0.3, -0.25) is 0 Å². The molecule has 1 unspecified atom stereocenters. The highest BCUT2D eigenvalue weighted by atomic mass is 19.4. The second-order valence-corrected chi connectivity index (χ2v) is 12.5. The smallest absolute Gasteiger partial charge is 0.416 e. The van der Waals surface area contributed by atoms with Gasteiger partial charge in [-0.05, 0) is 77.9 Å². The van der Waals surface area contributed by atoms with Gasteiger partial charge in [-0.25, -0.2) is 19.2 Å². The molecule has 8 nitrogen and oxygen atoms in total. The van der Waals surface area contributed by atoms with E-state index in [1.807, 2.05) is 37.3 Å². The van der Waals surface area contributed by atoms with Crippen LogP contribution in [0.2, 0.25) is 0 Å². The fourth-order valence-corrected chi connectivity index (χ4v) is 6.26. The van der Waals surface area contributed by atoms with E-state index in [0.29, 0.717) is 34.7 Å². The maximum absolute atomic E-state index is 13.8. The molecular weight excluding hydrogens is 685 g/mol. The Bertz CT molecular complexity index is 1900. The second-order valence-electron chi connectivity index (χ2n) is 12.5. The van der Waals surface area contributed by atoms with Gasteiger partial charge >= 0.3 is 18.4 Å². The van der Waals surface area contributed by atoms with E-state index in [2.05, 4.69) is 4.98 Å². The molecule has 1 N–H and O–H groups in total. The van der Waals surface area contributed by atoms with Crippen molar-refractivity contribution in [3.63, 3.8) is 0 Å². The number of methoxy groups -OCH3 is 1. The number of aliphatic hydroxyl groups is 1. The molecule has 0 saturated carbocycles. The zero-order chi connectivity index (χ0) is 36.7. The van der Waals surface area contributed by atoms with Gasteiger partial charge in [0.05, 0.1) is 50.2 Å². The number of benzene rings is 3. The summed E-state index contributed by atoms with van der Waals surface area (Å²) in [6, 6.07) is 12.2. The van der Waals surface area contributed by atoms with Crippen molar-refractivity contribution in [1.29, 1.82) is 0 Å². The Kier molecular flexibility index (Phi) is 9.86. The maximum Gasteiger partial charge on any atom is 0.416 e. The summed E-state index contributed by atoms with van der Waals surface area (Å²) in [6.45, 7) is 1.83. The topological polar surface area (TPSA) is 88.0 Å². The molecule has 4 aromatic rings. The fraction of sp³-hybridized carbons (Fsp3) is 0.361. The van der Waals surface area contributed by atoms with Crippen LogP contribution in [-0.4, -0.2) is 59.0 Å². The van der Waals surface area contributed by atoms with E-state index in [-0.39, 0.29) is 57.6 Å². The Labute approximate surface area is 288 Å². The molecule has 2 saturated heterocycles. The molecule has 2 aliphatic heterocycles. The van der Waals surface area contributed by atoms with E-state index in [1.54, 1.807) is 17.2 Å². The van der Waals surface area contributed by atoms with Gasteiger partial charge in [0.2, 0.25) is 5.95 Å². The first-order valence-electron chi connectivity index (χ1n) is 16.0. The van der Waals surface area contributed by atoms with E-state index >= 15 is 0 Å². The number of amides is 1. The maximum atomic E-state index is 13.8. The highest BCUT2D eigenvalue weighted by Gasteiger charge is 2.39. The number of aromatic nitrogens is 2. The first-order valence-corrected chi connectivity index (χ1v) is 16.0. The molecular formula is C36H33F7N4O4. The van der Waals surface area contributed by atoms with Crippen LogP contribution in [0.3, 0.4) is 0 Å². The number of rotatable bonds is 8. The number of nitrogens with zero attached hydrogens (tertiary/aromatic N) is 4. The summed E-state index contributed by atoms with van der Waals surface area (Å²) in [6.07, 6.45) is -11.8. The number of halogens is 7. The summed E-state index contributed by atoms with van der Waals surface area (Å²) in [4.78, 5) is 25.6. The van der Waals surface area contributed by atoms with E-state index in [4.69, 9.17) is 14.5 Å². The van der Waals surface area contributed by atoms with Crippen molar-refractivity contribution in [3.05, 3.63) is 94.3 Å². The predicted octanol–water partition coefficient (Wildman–Crippen LogP) is 8.29. The van der Waals surface area contributed by atoms with Gasteiger partial charge in [0.25, 0.3) is 0 Å². The molecule has 0 aliphatic carbocycles. The minimum atomic E-state index is -5.06. The Balaban J connectivity index is 1.35. The molecule has 1 atom stereocenters.